The number of benzene rings is 2. The molecule has 3 nitrogen and oxygen atoms in total. The lowest BCUT2D eigenvalue weighted by molar-refractivity contribution is 0.0843. The summed E-state index contributed by atoms with van der Waals surface area (Å²) in [5, 5.41) is 0. The molecule has 1 unspecified atom stereocenters. The van der Waals surface area contributed by atoms with E-state index in [0.717, 1.165) is 30.8 Å². The van der Waals surface area contributed by atoms with Gasteiger partial charge in [-0.1, -0.05) is 67.1 Å². The smallest absolute Gasteiger partial charge is 0.167 e. The fraction of sp³-hybridized carbons (Fsp3) is 0.391. The van der Waals surface area contributed by atoms with Crippen LogP contribution < -0.4 is 0 Å². The van der Waals surface area contributed by atoms with Crippen LogP contribution in [0.2, 0.25) is 0 Å². The van der Waals surface area contributed by atoms with E-state index in [0.29, 0.717) is 12.8 Å². The molecule has 1 fully saturated rings. The topological polar surface area (TPSA) is 37.4 Å². The summed E-state index contributed by atoms with van der Waals surface area (Å²) in [6, 6.07) is 18.9. The van der Waals surface area contributed by atoms with Gasteiger partial charge in [-0.25, -0.2) is 0 Å². The minimum atomic E-state index is -0.122. The third-order valence-corrected chi connectivity index (χ3v) is 5.17. The van der Waals surface area contributed by atoms with E-state index in [2.05, 4.69) is 4.90 Å². The number of carbonyl (C=O) groups is 2. The number of hydrogen-bond acceptors (Lipinski definition) is 3. The molecule has 1 aliphatic rings. The fourth-order valence-corrected chi connectivity index (χ4v) is 3.67. The fourth-order valence-electron chi connectivity index (χ4n) is 3.67. The van der Waals surface area contributed by atoms with Crippen LogP contribution >= 0.6 is 12.4 Å². The molecule has 1 atom stereocenters. The maximum absolute atomic E-state index is 13.0. The summed E-state index contributed by atoms with van der Waals surface area (Å²) < 4.78 is 0. The molecular formula is C23H28ClNO2. The predicted molar refractivity (Wildman–Crippen MR) is 112 cm³/mol. The Kier molecular flexibility index (Phi) is 8.70. The highest BCUT2D eigenvalue weighted by Gasteiger charge is 2.24. The van der Waals surface area contributed by atoms with Crippen LogP contribution in [-0.2, 0) is 0 Å². The van der Waals surface area contributed by atoms with Crippen LogP contribution in [0.5, 0.6) is 0 Å². The average Bonchev–Trinajstić information content (AvgIpc) is 2.72. The number of rotatable bonds is 8. The van der Waals surface area contributed by atoms with E-state index < -0.39 is 0 Å². The third kappa shape index (κ3) is 6.30. The zero-order valence-electron chi connectivity index (χ0n) is 15.7. The summed E-state index contributed by atoms with van der Waals surface area (Å²) in [6.07, 6.45) is 4.71. The van der Waals surface area contributed by atoms with Crippen molar-refractivity contribution in [3.8, 4) is 0 Å². The molecule has 0 amide bonds. The van der Waals surface area contributed by atoms with E-state index in [1.807, 2.05) is 60.7 Å². The molecule has 0 aliphatic carbocycles. The van der Waals surface area contributed by atoms with Crippen molar-refractivity contribution < 1.29 is 9.59 Å². The molecule has 2 aromatic rings. The normalized spacial score (nSPS) is 15.6. The molecule has 27 heavy (non-hydrogen) atoms. The van der Waals surface area contributed by atoms with Gasteiger partial charge >= 0.3 is 0 Å². The Hall–Kier alpha value is -1.97. The molecule has 4 heteroatoms. The molecule has 1 aliphatic heterocycles. The second-order valence-electron chi connectivity index (χ2n) is 7.12. The Balaban J connectivity index is 0.00000261. The molecular weight excluding hydrogens is 358 g/mol. The highest BCUT2D eigenvalue weighted by molar-refractivity contribution is 5.99. The van der Waals surface area contributed by atoms with Gasteiger partial charge in [0, 0.05) is 30.0 Å². The monoisotopic (exact) mass is 385 g/mol. The van der Waals surface area contributed by atoms with Gasteiger partial charge in [0.15, 0.2) is 11.6 Å². The molecule has 0 radical (unpaired) electrons. The Morgan fingerprint density at radius 2 is 1.37 bits per heavy atom. The van der Waals surface area contributed by atoms with Gasteiger partial charge in [-0.3, -0.25) is 9.59 Å². The number of carbonyl (C=O) groups excluding carboxylic acids is 2. The second kappa shape index (κ2) is 11.0. The quantitative estimate of drug-likeness (QED) is 0.596. The van der Waals surface area contributed by atoms with Gasteiger partial charge < -0.3 is 4.90 Å². The van der Waals surface area contributed by atoms with E-state index >= 15 is 0 Å². The van der Waals surface area contributed by atoms with Crippen LogP contribution in [-0.4, -0.2) is 36.1 Å². The molecule has 0 saturated carbocycles. The van der Waals surface area contributed by atoms with Crippen molar-refractivity contribution >= 4 is 24.0 Å². The first-order valence-electron chi connectivity index (χ1n) is 9.64. The first-order valence-corrected chi connectivity index (χ1v) is 9.64. The lowest BCUT2D eigenvalue weighted by Crippen LogP contribution is -2.37. The van der Waals surface area contributed by atoms with E-state index in [1.54, 1.807) is 0 Å². The standard InChI is InChI=1S/C23H27NO2.ClH/c25-22(19-10-4-1-5-11-19)15-14-21(18-24-16-8-3-9-17-24)23(26)20-12-6-2-7-13-20;/h1-2,4-7,10-13,21H,3,8-9,14-18H2;1H. The van der Waals surface area contributed by atoms with Crippen LogP contribution in [0.25, 0.3) is 0 Å². The Labute approximate surface area is 168 Å². The molecule has 1 saturated heterocycles. The number of halogens is 1. The summed E-state index contributed by atoms with van der Waals surface area (Å²) in [5.41, 5.74) is 1.48. The number of likely N-dealkylation sites (tertiary alicyclic amines) is 1. The van der Waals surface area contributed by atoms with Gasteiger partial charge in [-0.2, -0.15) is 0 Å². The maximum atomic E-state index is 13.0. The van der Waals surface area contributed by atoms with E-state index in [4.69, 9.17) is 0 Å². The summed E-state index contributed by atoms with van der Waals surface area (Å²) in [7, 11) is 0. The van der Waals surface area contributed by atoms with Crippen molar-refractivity contribution in [1.82, 2.24) is 4.90 Å². The summed E-state index contributed by atoms with van der Waals surface area (Å²) >= 11 is 0. The van der Waals surface area contributed by atoms with Crippen LogP contribution in [0.3, 0.4) is 0 Å². The SMILES string of the molecule is Cl.O=C(CCC(CN1CCCCC1)C(=O)c1ccccc1)c1ccccc1. The number of nitrogens with zero attached hydrogens (tertiary/aromatic N) is 1. The first-order chi connectivity index (χ1) is 12.7. The van der Waals surface area contributed by atoms with Crippen molar-refractivity contribution in [1.29, 1.82) is 0 Å². The minimum Gasteiger partial charge on any atom is -0.303 e. The maximum Gasteiger partial charge on any atom is 0.167 e. The van der Waals surface area contributed by atoms with Crippen molar-refractivity contribution in [2.45, 2.75) is 32.1 Å². The molecule has 0 aromatic heterocycles. The largest absolute Gasteiger partial charge is 0.303 e. The number of ketones is 2. The highest BCUT2D eigenvalue weighted by atomic mass is 35.5. The van der Waals surface area contributed by atoms with E-state index in [1.165, 1.54) is 19.3 Å². The molecule has 144 valence electrons. The van der Waals surface area contributed by atoms with Gasteiger partial charge in [0.25, 0.3) is 0 Å². The molecule has 0 bridgehead atoms. The number of hydrogen-bond donors (Lipinski definition) is 0. The summed E-state index contributed by atoms with van der Waals surface area (Å²) in [4.78, 5) is 27.9. The zero-order valence-corrected chi connectivity index (χ0v) is 16.5. The Bertz CT molecular complexity index is 712. The summed E-state index contributed by atoms with van der Waals surface area (Å²) in [5.74, 6) is 0.162. The molecule has 2 aromatic carbocycles. The van der Waals surface area contributed by atoms with Gasteiger partial charge in [0.2, 0.25) is 0 Å². The second-order valence-corrected chi connectivity index (χ2v) is 7.12. The number of Topliss-reactive ketones (excluding diaryl/α,β-unsaturated/α-hetero) is 2. The van der Waals surface area contributed by atoms with E-state index in [9.17, 15) is 9.59 Å². The first kappa shape index (κ1) is 21.3. The predicted octanol–water partition coefficient (Wildman–Crippen LogP) is 5.06. The van der Waals surface area contributed by atoms with Crippen LogP contribution in [0, 0.1) is 5.92 Å². The molecule has 0 N–H and O–H groups in total. The Morgan fingerprint density at radius 3 is 1.96 bits per heavy atom. The molecule has 0 spiro atoms. The van der Waals surface area contributed by atoms with Gasteiger partial charge in [0.1, 0.15) is 0 Å². The van der Waals surface area contributed by atoms with Gasteiger partial charge in [-0.15, -0.1) is 12.4 Å². The van der Waals surface area contributed by atoms with Crippen molar-refractivity contribution in [2.24, 2.45) is 5.92 Å². The van der Waals surface area contributed by atoms with Crippen LogP contribution in [0.4, 0.5) is 0 Å². The lowest BCUT2D eigenvalue weighted by Gasteiger charge is -2.30. The van der Waals surface area contributed by atoms with Gasteiger partial charge in [0.05, 0.1) is 0 Å². The van der Waals surface area contributed by atoms with Crippen LogP contribution in [0.15, 0.2) is 60.7 Å². The Morgan fingerprint density at radius 1 is 0.815 bits per heavy atom. The average molecular weight is 386 g/mol. The van der Waals surface area contributed by atoms with Crippen molar-refractivity contribution in [3.05, 3.63) is 71.8 Å². The molecule has 1 heterocycles. The summed E-state index contributed by atoms with van der Waals surface area (Å²) in [6.45, 7) is 2.88. The van der Waals surface area contributed by atoms with Crippen molar-refractivity contribution in [2.75, 3.05) is 19.6 Å². The van der Waals surface area contributed by atoms with Crippen LogP contribution in [0.1, 0.15) is 52.8 Å². The number of piperidine rings is 1. The minimum absolute atomic E-state index is 0. The molecule has 3 rings (SSSR count). The van der Waals surface area contributed by atoms with E-state index in [-0.39, 0.29) is 29.9 Å². The highest BCUT2D eigenvalue weighted by Crippen LogP contribution is 2.20. The van der Waals surface area contributed by atoms with Crippen molar-refractivity contribution in [3.63, 3.8) is 0 Å². The van der Waals surface area contributed by atoms with Gasteiger partial charge in [-0.05, 0) is 32.4 Å². The zero-order chi connectivity index (χ0) is 18.2. The lowest BCUT2D eigenvalue weighted by atomic mass is 9.90. The third-order valence-electron chi connectivity index (χ3n) is 5.17.